The van der Waals surface area contributed by atoms with Crippen molar-refractivity contribution in [3.05, 3.63) is 5.82 Å². The lowest BCUT2D eigenvalue weighted by molar-refractivity contribution is 0.0655. The summed E-state index contributed by atoms with van der Waals surface area (Å²) < 4.78 is 0. The van der Waals surface area contributed by atoms with E-state index in [1.54, 1.807) is 4.90 Å². The largest absolute Gasteiger partial charge is 0.392 e. The molecule has 2 heterocycles. The molecular formula is C11H20N6O. The molecule has 3 N–H and O–H groups in total. The molecular weight excluding hydrogens is 232 g/mol. The number of likely N-dealkylation sites (tertiary alicyclic amines) is 1. The average Bonchev–Trinajstić information content (AvgIpc) is 2.28. The Morgan fingerprint density at radius 2 is 2.17 bits per heavy atom. The van der Waals surface area contributed by atoms with Gasteiger partial charge in [-0.1, -0.05) is 0 Å². The number of nitrogens with two attached hydrogens (primary N) is 1. The molecule has 0 unspecified atom stereocenters. The van der Waals surface area contributed by atoms with Gasteiger partial charge in [0.1, 0.15) is 5.82 Å². The fourth-order valence-corrected chi connectivity index (χ4v) is 2.07. The molecule has 18 heavy (non-hydrogen) atoms. The van der Waals surface area contributed by atoms with Crippen LogP contribution in [-0.2, 0) is 6.54 Å². The Balaban J connectivity index is 2.08. The van der Waals surface area contributed by atoms with Gasteiger partial charge in [0.05, 0.1) is 12.6 Å². The summed E-state index contributed by atoms with van der Waals surface area (Å²) in [6, 6.07) is 0. The molecule has 0 spiro atoms. The first-order chi connectivity index (χ1) is 8.54. The third-order valence-electron chi connectivity index (χ3n) is 2.93. The van der Waals surface area contributed by atoms with Crippen molar-refractivity contribution in [2.75, 3.05) is 37.8 Å². The summed E-state index contributed by atoms with van der Waals surface area (Å²) in [4.78, 5) is 16.5. The molecule has 7 nitrogen and oxygen atoms in total. The van der Waals surface area contributed by atoms with E-state index in [0.717, 1.165) is 19.4 Å². The van der Waals surface area contributed by atoms with Crippen LogP contribution in [0.2, 0.25) is 0 Å². The molecule has 7 heteroatoms. The van der Waals surface area contributed by atoms with Crippen molar-refractivity contribution in [2.45, 2.75) is 25.5 Å². The highest BCUT2D eigenvalue weighted by molar-refractivity contribution is 5.32. The Morgan fingerprint density at radius 3 is 2.83 bits per heavy atom. The highest BCUT2D eigenvalue weighted by Crippen LogP contribution is 2.13. The van der Waals surface area contributed by atoms with Gasteiger partial charge in [-0.2, -0.15) is 15.0 Å². The lowest BCUT2D eigenvalue weighted by atomic mass is 10.1. The molecule has 1 aliphatic rings. The van der Waals surface area contributed by atoms with E-state index in [1.807, 2.05) is 14.1 Å². The standard InChI is InChI=1S/C11H20N6O/c1-16(2)11-14-9(13-10(12)15-11)7-17-5-3-4-8(18)6-17/h8,18H,3-7H2,1-2H3,(H2,12,13,14,15)/t8-/m0/s1. The van der Waals surface area contributed by atoms with Crippen LogP contribution in [0.5, 0.6) is 0 Å². The van der Waals surface area contributed by atoms with Crippen molar-refractivity contribution in [2.24, 2.45) is 0 Å². The number of aliphatic hydroxyl groups is 1. The van der Waals surface area contributed by atoms with Crippen LogP contribution in [0.4, 0.5) is 11.9 Å². The molecule has 0 amide bonds. The number of piperidine rings is 1. The first kappa shape index (κ1) is 13.0. The fraction of sp³-hybridized carbons (Fsp3) is 0.727. The second kappa shape index (κ2) is 5.45. The monoisotopic (exact) mass is 252 g/mol. The van der Waals surface area contributed by atoms with Gasteiger partial charge in [-0.3, -0.25) is 4.90 Å². The lowest BCUT2D eigenvalue weighted by Crippen LogP contribution is -2.38. The van der Waals surface area contributed by atoms with E-state index >= 15 is 0 Å². The van der Waals surface area contributed by atoms with E-state index in [2.05, 4.69) is 19.9 Å². The Labute approximate surface area is 107 Å². The minimum absolute atomic E-state index is 0.237. The fourth-order valence-electron chi connectivity index (χ4n) is 2.07. The van der Waals surface area contributed by atoms with Gasteiger partial charge in [-0.15, -0.1) is 0 Å². The first-order valence-corrected chi connectivity index (χ1v) is 6.13. The van der Waals surface area contributed by atoms with E-state index in [9.17, 15) is 5.11 Å². The topological polar surface area (TPSA) is 91.4 Å². The third-order valence-corrected chi connectivity index (χ3v) is 2.93. The van der Waals surface area contributed by atoms with E-state index in [1.165, 1.54) is 0 Å². The second-order valence-corrected chi connectivity index (χ2v) is 4.84. The number of β-amino-alcohol motifs (C(OH)–C–C–N with tert-alkyl or cyclic N) is 1. The Bertz CT molecular complexity index is 411. The maximum atomic E-state index is 9.63. The van der Waals surface area contributed by atoms with Gasteiger partial charge < -0.3 is 15.7 Å². The molecule has 2 rings (SSSR count). The predicted molar refractivity (Wildman–Crippen MR) is 69.1 cm³/mol. The van der Waals surface area contributed by atoms with E-state index < -0.39 is 0 Å². The van der Waals surface area contributed by atoms with Gasteiger partial charge in [-0.25, -0.2) is 0 Å². The van der Waals surface area contributed by atoms with Gasteiger partial charge in [0.15, 0.2) is 0 Å². The molecule has 0 saturated carbocycles. The highest BCUT2D eigenvalue weighted by Gasteiger charge is 2.19. The number of aliphatic hydroxyl groups excluding tert-OH is 1. The molecule has 100 valence electrons. The maximum Gasteiger partial charge on any atom is 0.229 e. The summed E-state index contributed by atoms with van der Waals surface area (Å²) in [6.45, 7) is 2.23. The number of hydrogen-bond donors (Lipinski definition) is 2. The number of nitrogen functional groups attached to an aromatic ring is 1. The van der Waals surface area contributed by atoms with Gasteiger partial charge in [0.25, 0.3) is 0 Å². The van der Waals surface area contributed by atoms with Crippen LogP contribution in [0, 0.1) is 0 Å². The van der Waals surface area contributed by atoms with Crippen LogP contribution in [0.1, 0.15) is 18.7 Å². The molecule has 1 saturated heterocycles. The first-order valence-electron chi connectivity index (χ1n) is 6.13. The maximum absolute atomic E-state index is 9.63. The molecule has 1 fully saturated rings. The van der Waals surface area contributed by atoms with Crippen molar-refractivity contribution in [1.82, 2.24) is 19.9 Å². The average molecular weight is 252 g/mol. The molecule has 1 aromatic heterocycles. The van der Waals surface area contributed by atoms with Crippen molar-refractivity contribution in [1.29, 1.82) is 0 Å². The minimum atomic E-state index is -0.244. The Kier molecular flexibility index (Phi) is 3.93. The summed E-state index contributed by atoms with van der Waals surface area (Å²) in [5.41, 5.74) is 5.67. The lowest BCUT2D eigenvalue weighted by Gasteiger charge is -2.29. The normalized spacial score (nSPS) is 20.9. The molecule has 0 radical (unpaired) electrons. The van der Waals surface area contributed by atoms with Crippen molar-refractivity contribution in [3.8, 4) is 0 Å². The van der Waals surface area contributed by atoms with Crippen LogP contribution < -0.4 is 10.6 Å². The zero-order valence-electron chi connectivity index (χ0n) is 10.9. The van der Waals surface area contributed by atoms with E-state index in [0.29, 0.717) is 24.9 Å². The van der Waals surface area contributed by atoms with Gasteiger partial charge in [0, 0.05) is 20.6 Å². The minimum Gasteiger partial charge on any atom is -0.392 e. The molecule has 0 bridgehead atoms. The zero-order valence-corrected chi connectivity index (χ0v) is 10.9. The second-order valence-electron chi connectivity index (χ2n) is 4.84. The zero-order chi connectivity index (χ0) is 13.1. The SMILES string of the molecule is CN(C)c1nc(N)nc(CN2CCC[C@H](O)C2)n1. The number of anilines is 2. The molecule has 1 aliphatic heterocycles. The molecule has 0 aromatic carbocycles. The van der Waals surface area contributed by atoms with Crippen molar-refractivity contribution in [3.63, 3.8) is 0 Å². The highest BCUT2D eigenvalue weighted by atomic mass is 16.3. The quantitative estimate of drug-likeness (QED) is 0.747. The molecule has 1 aromatic rings. The Morgan fingerprint density at radius 1 is 1.39 bits per heavy atom. The number of rotatable bonds is 3. The summed E-state index contributed by atoms with van der Waals surface area (Å²) in [5.74, 6) is 1.46. The summed E-state index contributed by atoms with van der Waals surface area (Å²) in [6.07, 6.45) is 1.63. The van der Waals surface area contributed by atoms with Crippen LogP contribution in [0.15, 0.2) is 0 Å². The number of nitrogens with zero attached hydrogens (tertiary/aromatic N) is 5. The third kappa shape index (κ3) is 3.27. The van der Waals surface area contributed by atoms with E-state index in [4.69, 9.17) is 5.73 Å². The van der Waals surface area contributed by atoms with Crippen LogP contribution >= 0.6 is 0 Å². The number of hydrogen-bond acceptors (Lipinski definition) is 7. The predicted octanol–water partition coefficient (Wildman–Crippen LogP) is -0.523. The van der Waals surface area contributed by atoms with Crippen LogP contribution in [0.3, 0.4) is 0 Å². The van der Waals surface area contributed by atoms with Crippen LogP contribution in [0.25, 0.3) is 0 Å². The van der Waals surface area contributed by atoms with Gasteiger partial charge in [-0.05, 0) is 19.4 Å². The molecule has 0 aliphatic carbocycles. The summed E-state index contributed by atoms with van der Waals surface area (Å²) >= 11 is 0. The summed E-state index contributed by atoms with van der Waals surface area (Å²) in [7, 11) is 3.73. The number of aromatic nitrogens is 3. The van der Waals surface area contributed by atoms with Crippen molar-refractivity contribution < 1.29 is 5.11 Å². The van der Waals surface area contributed by atoms with Gasteiger partial charge in [0.2, 0.25) is 11.9 Å². The van der Waals surface area contributed by atoms with E-state index in [-0.39, 0.29) is 12.1 Å². The smallest absolute Gasteiger partial charge is 0.229 e. The van der Waals surface area contributed by atoms with Crippen LogP contribution in [-0.4, -0.2) is 58.2 Å². The Hall–Kier alpha value is -1.47. The van der Waals surface area contributed by atoms with Gasteiger partial charge >= 0.3 is 0 Å². The molecule has 1 atom stereocenters. The van der Waals surface area contributed by atoms with Crippen molar-refractivity contribution >= 4 is 11.9 Å². The summed E-state index contributed by atoms with van der Waals surface area (Å²) in [5, 5.41) is 9.63.